The predicted molar refractivity (Wildman–Crippen MR) is 77.0 cm³/mol. The molecule has 0 atom stereocenters. The first kappa shape index (κ1) is 14.9. The SMILES string of the molecule is CCc1nnsc1-c1nnc(SCC(=O)O)n1C(C)C. The van der Waals surface area contributed by atoms with Crippen molar-refractivity contribution in [1.29, 1.82) is 0 Å². The third-order valence-electron chi connectivity index (χ3n) is 2.60. The molecule has 0 aliphatic heterocycles. The van der Waals surface area contributed by atoms with E-state index in [-0.39, 0.29) is 11.8 Å². The molecule has 108 valence electrons. The van der Waals surface area contributed by atoms with E-state index in [2.05, 4.69) is 19.8 Å². The van der Waals surface area contributed by atoms with E-state index >= 15 is 0 Å². The number of carboxylic acids is 1. The molecule has 20 heavy (non-hydrogen) atoms. The van der Waals surface area contributed by atoms with Crippen molar-refractivity contribution in [3.8, 4) is 10.7 Å². The number of carboxylic acid groups (broad SMARTS) is 1. The van der Waals surface area contributed by atoms with Gasteiger partial charge in [-0.15, -0.1) is 15.3 Å². The minimum Gasteiger partial charge on any atom is -0.481 e. The van der Waals surface area contributed by atoms with Crippen LogP contribution in [-0.4, -0.2) is 41.2 Å². The van der Waals surface area contributed by atoms with Gasteiger partial charge in [0.25, 0.3) is 0 Å². The molecule has 2 heterocycles. The Kier molecular flexibility index (Phi) is 4.71. The summed E-state index contributed by atoms with van der Waals surface area (Å²) in [6, 6.07) is 0.128. The summed E-state index contributed by atoms with van der Waals surface area (Å²) in [5.41, 5.74) is 0.888. The van der Waals surface area contributed by atoms with Crippen molar-refractivity contribution < 1.29 is 9.90 Å². The molecule has 0 radical (unpaired) electrons. The van der Waals surface area contributed by atoms with Crippen LogP contribution in [0.4, 0.5) is 0 Å². The van der Waals surface area contributed by atoms with Gasteiger partial charge in [-0.2, -0.15) is 0 Å². The summed E-state index contributed by atoms with van der Waals surface area (Å²) >= 11 is 2.46. The quantitative estimate of drug-likeness (QED) is 0.816. The fourth-order valence-electron chi connectivity index (χ4n) is 1.73. The standard InChI is InChI=1S/C11H15N5O2S2/c1-4-7-9(20-15-12-7)10-13-14-11(16(10)6(2)3)19-5-8(17)18/h6H,4-5H2,1-3H3,(H,17,18). The fourth-order valence-corrected chi connectivity index (χ4v) is 3.25. The Morgan fingerprint density at radius 2 is 2.15 bits per heavy atom. The molecule has 0 unspecified atom stereocenters. The van der Waals surface area contributed by atoms with Crippen LogP contribution >= 0.6 is 23.3 Å². The average molecular weight is 313 g/mol. The molecule has 0 aromatic carbocycles. The number of thioether (sulfide) groups is 1. The summed E-state index contributed by atoms with van der Waals surface area (Å²) in [5.74, 6) is -0.199. The van der Waals surface area contributed by atoms with Crippen molar-refractivity contribution in [2.75, 3.05) is 5.75 Å². The molecule has 2 rings (SSSR count). The Morgan fingerprint density at radius 1 is 1.40 bits per heavy atom. The Balaban J connectivity index is 2.41. The maximum atomic E-state index is 10.7. The molecule has 7 nitrogen and oxygen atoms in total. The first-order valence-corrected chi connectivity index (χ1v) is 7.91. The van der Waals surface area contributed by atoms with Gasteiger partial charge in [0.15, 0.2) is 11.0 Å². The van der Waals surface area contributed by atoms with Crippen molar-refractivity contribution >= 4 is 29.3 Å². The first-order chi connectivity index (χ1) is 9.54. The van der Waals surface area contributed by atoms with Gasteiger partial charge in [-0.25, -0.2) is 0 Å². The van der Waals surface area contributed by atoms with E-state index in [1.807, 2.05) is 25.3 Å². The third kappa shape index (κ3) is 2.98. The maximum absolute atomic E-state index is 10.7. The van der Waals surface area contributed by atoms with Crippen LogP contribution in [0.25, 0.3) is 10.7 Å². The molecule has 2 aromatic rings. The molecular formula is C11H15N5O2S2. The molecule has 0 amide bonds. The summed E-state index contributed by atoms with van der Waals surface area (Å²) in [6.45, 7) is 6.03. The number of aryl methyl sites for hydroxylation is 1. The Hall–Kier alpha value is -1.48. The zero-order chi connectivity index (χ0) is 14.7. The van der Waals surface area contributed by atoms with Crippen molar-refractivity contribution in [1.82, 2.24) is 24.4 Å². The largest absolute Gasteiger partial charge is 0.481 e. The Morgan fingerprint density at radius 3 is 2.75 bits per heavy atom. The summed E-state index contributed by atoms with van der Waals surface area (Å²) in [6.07, 6.45) is 0.772. The topological polar surface area (TPSA) is 93.8 Å². The third-order valence-corrected chi connectivity index (χ3v) is 4.29. The fraction of sp³-hybridized carbons (Fsp3) is 0.545. The van der Waals surface area contributed by atoms with E-state index in [0.717, 1.165) is 17.0 Å². The zero-order valence-electron chi connectivity index (χ0n) is 11.4. The number of aromatic nitrogens is 5. The predicted octanol–water partition coefficient (Wildman–Crippen LogP) is 2.12. The maximum Gasteiger partial charge on any atom is 0.313 e. The number of carbonyl (C=O) groups is 1. The first-order valence-electron chi connectivity index (χ1n) is 6.15. The van der Waals surface area contributed by atoms with Gasteiger partial charge < -0.3 is 5.11 Å². The van der Waals surface area contributed by atoms with Crippen LogP contribution in [0.5, 0.6) is 0 Å². The molecule has 0 aliphatic rings. The lowest BCUT2D eigenvalue weighted by molar-refractivity contribution is -0.133. The van der Waals surface area contributed by atoms with Gasteiger partial charge in [-0.1, -0.05) is 23.2 Å². The van der Waals surface area contributed by atoms with Crippen molar-refractivity contribution in [3.05, 3.63) is 5.69 Å². The van der Waals surface area contributed by atoms with E-state index in [0.29, 0.717) is 11.0 Å². The zero-order valence-corrected chi connectivity index (χ0v) is 13.0. The summed E-state index contributed by atoms with van der Waals surface area (Å²) in [4.78, 5) is 11.6. The molecule has 0 fully saturated rings. The van der Waals surface area contributed by atoms with Gasteiger partial charge >= 0.3 is 5.97 Å². The minimum atomic E-state index is -0.872. The van der Waals surface area contributed by atoms with Crippen LogP contribution in [-0.2, 0) is 11.2 Å². The molecule has 0 saturated heterocycles. The van der Waals surface area contributed by atoms with Gasteiger partial charge in [0.2, 0.25) is 0 Å². The van der Waals surface area contributed by atoms with Crippen LogP contribution in [0.15, 0.2) is 5.16 Å². The van der Waals surface area contributed by atoms with Gasteiger partial charge in [-0.3, -0.25) is 9.36 Å². The summed E-state index contributed by atoms with van der Waals surface area (Å²) < 4.78 is 5.90. The number of hydrogen-bond acceptors (Lipinski definition) is 7. The minimum absolute atomic E-state index is 0.0353. The highest BCUT2D eigenvalue weighted by Gasteiger charge is 2.21. The Labute approximate surface area is 124 Å². The molecule has 0 bridgehead atoms. The van der Waals surface area contributed by atoms with E-state index in [1.165, 1.54) is 23.3 Å². The second-order valence-electron chi connectivity index (χ2n) is 4.35. The van der Waals surface area contributed by atoms with E-state index in [1.54, 1.807) is 0 Å². The lowest BCUT2D eigenvalue weighted by Crippen LogP contribution is -2.07. The molecular weight excluding hydrogens is 298 g/mol. The lowest BCUT2D eigenvalue weighted by Gasteiger charge is -2.12. The van der Waals surface area contributed by atoms with Gasteiger partial charge in [0.05, 0.1) is 11.4 Å². The van der Waals surface area contributed by atoms with Crippen molar-refractivity contribution in [2.45, 2.75) is 38.4 Å². The van der Waals surface area contributed by atoms with Gasteiger partial charge in [-0.05, 0) is 31.8 Å². The summed E-state index contributed by atoms with van der Waals surface area (Å²) in [5, 5.41) is 21.8. The highest BCUT2D eigenvalue weighted by molar-refractivity contribution is 7.99. The van der Waals surface area contributed by atoms with E-state index in [9.17, 15) is 4.79 Å². The Bertz CT molecular complexity index is 608. The molecule has 1 N–H and O–H groups in total. The number of aliphatic carboxylic acids is 1. The van der Waals surface area contributed by atoms with Crippen molar-refractivity contribution in [2.24, 2.45) is 0 Å². The molecule has 0 saturated carbocycles. The highest BCUT2D eigenvalue weighted by atomic mass is 32.2. The van der Waals surface area contributed by atoms with Crippen LogP contribution < -0.4 is 0 Å². The number of rotatable bonds is 6. The van der Waals surface area contributed by atoms with Crippen LogP contribution in [0.2, 0.25) is 0 Å². The van der Waals surface area contributed by atoms with Crippen LogP contribution in [0.3, 0.4) is 0 Å². The highest BCUT2D eigenvalue weighted by Crippen LogP contribution is 2.31. The van der Waals surface area contributed by atoms with Crippen LogP contribution in [0, 0.1) is 0 Å². The monoisotopic (exact) mass is 313 g/mol. The molecule has 9 heteroatoms. The second-order valence-corrected chi connectivity index (χ2v) is 6.05. The van der Waals surface area contributed by atoms with Gasteiger partial charge in [0, 0.05) is 6.04 Å². The van der Waals surface area contributed by atoms with Crippen molar-refractivity contribution in [3.63, 3.8) is 0 Å². The van der Waals surface area contributed by atoms with Crippen LogP contribution in [0.1, 0.15) is 32.5 Å². The number of nitrogens with zero attached hydrogens (tertiary/aromatic N) is 5. The second kappa shape index (κ2) is 6.31. The molecule has 0 spiro atoms. The van der Waals surface area contributed by atoms with E-state index in [4.69, 9.17) is 5.11 Å². The lowest BCUT2D eigenvalue weighted by atomic mass is 10.3. The average Bonchev–Trinajstić information content (AvgIpc) is 3.01. The smallest absolute Gasteiger partial charge is 0.313 e. The normalized spacial score (nSPS) is 11.2. The molecule has 0 aliphatic carbocycles. The summed E-state index contributed by atoms with van der Waals surface area (Å²) in [7, 11) is 0. The molecule has 2 aromatic heterocycles. The number of hydrogen-bond donors (Lipinski definition) is 1. The van der Waals surface area contributed by atoms with Gasteiger partial charge in [0.1, 0.15) is 4.88 Å². The van der Waals surface area contributed by atoms with E-state index < -0.39 is 5.97 Å².